The zero-order valence-corrected chi connectivity index (χ0v) is 20.9. The molecule has 4 aliphatic carbocycles. The first-order valence-corrected chi connectivity index (χ1v) is 13.0. The molecule has 0 aromatic carbocycles. The van der Waals surface area contributed by atoms with Crippen LogP contribution in [0.15, 0.2) is 29.0 Å². The molecule has 5 rings (SSSR count). The second-order valence-electron chi connectivity index (χ2n) is 12.0. The van der Waals surface area contributed by atoms with E-state index in [4.69, 9.17) is 4.84 Å². The Kier molecular flexibility index (Phi) is 5.91. The fourth-order valence-electron chi connectivity index (χ4n) is 8.08. The van der Waals surface area contributed by atoms with Gasteiger partial charge in [-0.2, -0.15) is 0 Å². The van der Waals surface area contributed by atoms with Crippen molar-refractivity contribution in [2.75, 3.05) is 13.2 Å². The number of nitrogens with zero attached hydrogens (tertiary/aromatic N) is 2. The van der Waals surface area contributed by atoms with Crippen molar-refractivity contribution >= 4 is 17.6 Å². The second kappa shape index (κ2) is 8.44. The molecule has 0 radical (unpaired) electrons. The number of amides is 1. The summed E-state index contributed by atoms with van der Waals surface area (Å²) in [6, 6.07) is -1.03. The van der Waals surface area contributed by atoms with Gasteiger partial charge in [-0.25, -0.2) is 4.79 Å². The standard InChI is InChI=1S/C27H38N2O6/c1-25-9-6-17(28-35-15-23(31)29-14-18(30)13-22(29)24(32)33)12-16(25)4-5-19-20(25)7-10-26(2)21(19)8-11-27(26,3)34/h6,9,12,18-22,30,34H,4-5,7-8,10-11,13-15H2,1-3H3,(H,32,33)/b28-17+/t18?,19?,20?,21?,22?,25-,26-,27-/m0/s1. The summed E-state index contributed by atoms with van der Waals surface area (Å²) in [5, 5.41) is 34.3. The first kappa shape index (κ1) is 24.5. The highest BCUT2D eigenvalue weighted by molar-refractivity contribution is 6.05. The minimum absolute atomic E-state index is 0.00214. The van der Waals surface area contributed by atoms with E-state index in [1.54, 1.807) is 0 Å². The topological polar surface area (TPSA) is 120 Å². The number of fused-ring (bicyclic) bond motifs is 5. The van der Waals surface area contributed by atoms with E-state index in [0.717, 1.165) is 43.4 Å². The zero-order chi connectivity index (χ0) is 25.2. The third-order valence-corrected chi connectivity index (χ3v) is 10.4. The normalized spacial score (nSPS) is 45.5. The summed E-state index contributed by atoms with van der Waals surface area (Å²) in [5.74, 6) is 0.101. The molecule has 3 saturated carbocycles. The van der Waals surface area contributed by atoms with E-state index >= 15 is 0 Å². The SMILES string of the molecule is C[C@]12C=C/C(=N\OCC(=O)N3CC(O)CC3C(=O)O)C=C1CCC1C2CC[C@@]2(C)C1CC[C@]2(C)O. The average molecular weight is 487 g/mol. The molecular formula is C27H38N2O6. The summed E-state index contributed by atoms with van der Waals surface area (Å²) in [4.78, 5) is 30.3. The Morgan fingerprint density at radius 3 is 2.66 bits per heavy atom. The molecule has 192 valence electrons. The lowest BCUT2D eigenvalue weighted by molar-refractivity contribution is -0.150. The van der Waals surface area contributed by atoms with Gasteiger partial charge >= 0.3 is 5.97 Å². The van der Waals surface area contributed by atoms with Crippen molar-refractivity contribution in [3.63, 3.8) is 0 Å². The van der Waals surface area contributed by atoms with Crippen LogP contribution in [0.4, 0.5) is 0 Å². The Morgan fingerprint density at radius 2 is 1.91 bits per heavy atom. The molecule has 0 bridgehead atoms. The highest BCUT2D eigenvalue weighted by Crippen LogP contribution is 2.66. The lowest BCUT2D eigenvalue weighted by atomic mass is 9.47. The second-order valence-corrected chi connectivity index (χ2v) is 12.0. The Balaban J connectivity index is 1.25. The van der Waals surface area contributed by atoms with Crippen molar-refractivity contribution in [1.82, 2.24) is 4.90 Å². The van der Waals surface area contributed by atoms with Crippen LogP contribution in [0.5, 0.6) is 0 Å². The molecule has 3 N–H and O–H groups in total. The molecule has 1 amide bonds. The van der Waals surface area contributed by atoms with Gasteiger partial charge in [0.2, 0.25) is 0 Å². The largest absolute Gasteiger partial charge is 0.480 e. The van der Waals surface area contributed by atoms with Crippen molar-refractivity contribution in [3.8, 4) is 0 Å². The number of carbonyl (C=O) groups is 2. The van der Waals surface area contributed by atoms with Crippen LogP contribution in [0.2, 0.25) is 0 Å². The molecule has 0 spiro atoms. The van der Waals surface area contributed by atoms with Crippen LogP contribution in [0, 0.1) is 28.6 Å². The Morgan fingerprint density at radius 1 is 1.17 bits per heavy atom. The predicted molar refractivity (Wildman–Crippen MR) is 129 cm³/mol. The van der Waals surface area contributed by atoms with E-state index in [2.05, 4.69) is 31.2 Å². The molecular weight excluding hydrogens is 448 g/mol. The van der Waals surface area contributed by atoms with Gasteiger partial charge in [0.25, 0.3) is 5.91 Å². The smallest absolute Gasteiger partial charge is 0.326 e. The predicted octanol–water partition coefficient (Wildman–Crippen LogP) is 2.90. The monoisotopic (exact) mass is 486 g/mol. The summed E-state index contributed by atoms with van der Waals surface area (Å²) >= 11 is 0. The fourth-order valence-corrected chi connectivity index (χ4v) is 8.08. The third kappa shape index (κ3) is 3.84. The number of carboxylic acids is 1. The van der Waals surface area contributed by atoms with Crippen LogP contribution in [0.25, 0.3) is 0 Å². The molecule has 35 heavy (non-hydrogen) atoms. The van der Waals surface area contributed by atoms with Gasteiger partial charge in [0.05, 0.1) is 11.7 Å². The maximum Gasteiger partial charge on any atom is 0.326 e. The highest BCUT2D eigenvalue weighted by Gasteiger charge is 2.62. The number of aliphatic hydroxyl groups excluding tert-OH is 1. The highest BCUT2D eigenvalue weighted by atomic mass is 16.6. The molecule has 0 aromatic heterocycles. The van der Waals surface area contributed by atoms with E-state index in [-0.39, 0.29) is 30.4 Å². The first-order valence-electron chi connectivity index (χ1n) is 13.0. The maximum atomic E-state index is 12.5. The van der Waals surface area contributed by atoms with Crippen LogP contribution < -0.4 is 0 Å². The summed E-state index contributed by atoms with van der Waals surface area (Å²) in [7, 11) is 0. The summed E-state index contributed by atoms with van der Waals surface area (Å²) in [5.41, 5.74) is 1.39. The molecule has 1 aliphatic heterocycles. The Bertz CT molecular complexity index is 1000. The molecule has 1 heterocycles. The Labute approximate surface area is 206 Å². The molecule has 8 heteroatoms. The van der Waals surface area contributed by atoms with Crippen LogP contribution in [-0.4, -0.2) is 68.7 Å². The number of aliphatic hydroxyl groups is 2. The van der Waals surface area contributed by atoms with Gasteiger partial charge in [-0.05, 0) is 80.8 Å². The van der Waals surface area contributed by atoms with Crippen LogP contribution in [0.3, 0.4) is 0 Å². The number of oxime groups is 1. The number of rotatable bonds is 4. The fraction of sp³-hybridized carbons (Fsp3) is 0.741. The molecule has 8 nitrogen and oxygen atoms in total. The molecule has 8 atom stereocenters. The van der Waals surface area contributed by atoms with Gasteiger partial charge in [-0.15, -0.1) is 0 Å². The number of carbonyl (C=O) groups excluding carboxylic acids is 1. The van der Waals surface area contributed by atoms with E-state index in [1.165, 1.54) is 5.57 Å². The van der Waals surface area contributed by atoms with Gasteiger partial charge in [0.1, 0.15) is 11.8 Å². The lowest BCUT2D eigenvalue weighted by Crippen LogP contribution is -2.53. The van der Waals surface area contributed by atoms with Gasteiger partial charge in [-0.1, -0.05) is 30.7 Å². The van der Waals surface area contributed by atoms with E-state index in [1.807, 2.05) is 13.0 Å². The number of β-amino-alcohol motifs (C(OH)–C–C–N with tert-alkyl or cyclic N) is 1. The number of hydrogen-bond acceptors (Lipinski definition) is 6. The molecule has 4 fully saturated rings. The van der Waals surface area contributed by atoms with E-state index < -0.39 is 29.6 Å². The van der Waals surface area contributed by atoms with Crippen molar-refractivity contribution in [1.29, 1.82) is 0 Å². The third-order valence-electron chi connectivity index (χ3n) is 10.4. The van der Waals surface area contributed by atoms with Crippen LogP contribution in [0.1, 0.15) is 65.7 Å². The maximum absolute atomic E-state index is 12.5. The quantitative estimate of drug-likeness (QED) is 0.526. The number of aliphatic carboxylic acids is 1. The van der Waals surface area contributed by atoms with Gasteiger partial charge in [0.15, 0.2) is 6.61 Å². The minimum Gasteiger partial charge on any atom is -0.480 e. The van der Waals surface area contributed by atoms with Crippen molar-refractivity contribution in [2.45, 2.75) is 83.5 Å². The van der Waals surface area contributed by atoms with Crippen molar-refractivity contribution in [2.24, 2.45) is 33.7 Å². The van der Waals surface area contributed by atoms with Crippen LogP contribution >= 0.6 is 0 Å². The molecule has 0 aromatic rings. The van der Waals surface area contributed by atoms with E-state index in [0.29, 0.717) is 23.5 Å². The average Bonchev–Trinajstić information content (AvgIpc) is 3.31. The Hall–Kier alpha value is -2.19. The minimum atomic E-state index is -1.12. The zero-order valence-electron chi connectivity index (χ0n) is 20.9. The number of likely N-dealkylation sites (tertiary alicyclic amines) is 1. The van der Waals surface area contributed by atoms with Crippen LogP contribution in [-0.2, 0) is 14.4 Å². The van der Waals surface area contributed by atoms with E-state index in [9.17, 15) is 24.9 Å². The summed E-state index contributed by atoms with van der Waals surface area (Å²) in [6.07, 6.45) is 11.8. The first-order chi connectivity index (χ1) is 16.5. The molecule has 5 aliphatic rings. The van der Waals surface area contributed by atoms with Gasteiger partial charge in [-0.3, -0.25) is 4.79 Å². The number of hydrogen-bond donors (Lipinski definition) is 3. The van der Waals surface area contributed by atoms with Gasteiger partial charge < -0.3 is 25.1 Å². The molecule has 5 unspecified atom stereocenters. The van der Waals surface area contributed by atoms with Crippen molar-refractivity contribution in [3.05, 3.63) is 23.8 Å². The summed E-state index contributed by atoms with van der Waals surface area (Å²) < 4.78 is 0. The van der Waals surface area contributed by atoms with Crippen molar-refractivity contribution < 1.29 is 29.7 Å². The number of allylic oxidation sites excluding steroid dienone is 4. The summed E-state index contributed by atoms with van der Waals surface area (Å²) in [6.45, 7) is 6.30. The molecule has 1 saturated heterocycles. The number of carboxylic acid groups (broad SMARTS) is 1. The lowest BCUT2D eigenvalue weighted by Gasteiger charge is -2.58. The van der Waals surface area contributed by atoms with Gasteiger partial charge in [0, 0.05) is 18.4 Å².